The maximum absolute atomic E-state index is 11.4. The van der Waals surface area contributed by atoms with Crippen molar-refractivity contribution in [1.29, 1.82) is 0 Å². The van der Waals surface area contributed by atoms with E-state index in [-0.39, 0.29) is 5.78 Å². The number of rotatable bonds is 3. The van der Waals surface area contributed by atoms with Crippen LogP contribution in [0.5, 0.6) is 0 Å². The first-order chi connectivity index (χ1) is 8.58. The van der Waals surface area contributed by atoms with Crippen LogP contribution in [-0.4, -0.2) is 34.8 Å². The molecule has 1 saturated heterocycles. The molecule has 0 saturated carbocycles. The predicted octanol–water partition coefficient (Wildman–Crippen LogP) is 2.13. The molecule has 1 heterocycles. The second-order valence-electron chi connectivity index (χ2n) is 4.37. The van der Waals surface area contributed by atoms with Gasteiger partial charge in [0.1, 0.15) is 11.8 Å². The fourth-order valence-corrected chi connectivity index (χ4v) is 2.31. The number of aliphatic carboxylic acids is 1. The molecule has 1 aromatic rings. The van der Waals surface area contributed by atoms with Gasteiger partial charge in [-0.25, -0.2) is 0 Å². The van der Waals surface area contributed by atoms with E-state index in [0.29, 0.717) is 36.5 Å². The molecule has 0 bridgehead atoms. The lowest BCUT2D eigenvalue weighted by Gasteiger charge is -2.31. The molecule has 0 aromatic heterocycles. The molecule has 0 spiro atoms. The molecule has 1 N–H and O–H groups in total. The van der Waals surface area contributed by atoms with Gasteiger partial charge in [-0.3, -0.25) is 14.5 Å². The van der Waals surface area contributed by atoms with Gasteiger partial charge in [-0.1, -0.05) is 23.7 Å². The minimum absolute atomic E-state index is 0.200. The van der Waals surface area contributed by atoms with E-state index in [2.05, 4.69) is 0 Å². The van der Waals surface area contributed by atoms with Crippen molar-refractivity contribution in [1.82, 2.24) is 4.90 Å². The van der Waals surface area contributed by atoms with Gasteiger partial charge in [0.05, 0.1) is 0 Å². The van der Waals surface area contributed by atoms with E-state index in [0.717, 1.165) is 0 Å². The Balaban J connectivity index is 2.20. The molecule has 0 amide bonds. The number of benzene rings is 1. The lowest BCUT2D eigenvalue weighted by molar-refractivity contribution is -0.145. The van der Waals surface area contributed by atoms with Crippen molar-refractivity contribution in [3.8, 4) is 0 Å². The van der Waals surface area contributed by atoms with Crippen LogP contribution in [0.4, 0.5) is 0 Å². The summed E-state index contributed by atoms with van der Waals surface area (Å²) in [6.07, 6.45) is 0.856. The Hall–Kier alpha value is -1.39. The van der Waals surface area contributed by atoms with Gasteiger partial charge in [0, 0.05) is 31.0 Å². The van der Waals surface area contributed by atoms with Crippen molar-refractivity contribution in [3.05, 3.63) is 34.9 Å². The van der Waals surface area contributed by atoms with Crippen LogP contribution in [0.3, 0.4) is 0 Å². The minimum Gasteiger partial charge on any atom is -0.480 e. The number of hydrogen-bond donors (Lipinski definition) is 1. The maximum atomic E-state index is 11.4. The van der Waals surface area contributed by atoms with Gasteiger partial charge in [0.25, 0.3) is 0 Å². The smallest absolute Gasteiger partial charge is 0.325 e. The Morgan fingerprint density at radius 3 is 2.28 bits per heavy atom. The molecule has 4 nitrogen and oxygen atoms in total. The Bertz CT molecular complexity index is 448. The predicted molar refractivity (Wildman–Crippen MR) is 67.6 cm³/mol. The largest absolute Gasteiger partial charge is 0.480 e. The van der Waals surface area contributed by atoms with Crippen molar-refractivity contribution < 1.29 is 14.7 Å². The number of carboxylic acid groups (broad SMARTS) is 1. The minimum atomic E-state index is -0.897. The van der Waals surface area contributed by atoms with Crippen LogP contribution in [0.1, 0.15) is 24.4 Å². The number of nitrogens with zero attached hydrogens (tertiary/aromatic N) is 1. The van der Waals surface area contributed by atoms with Crippen LogP contribution >= 0.6 is 11.6 Å². The summed E-state index contributed by atoms with van der Waals surface area (Å²) in [6.45, 7) is 0.997. The highest BCUT2D eigenvalue weighted by molar-refractivity contribution is 6.30. The normalized spacial score (nSPS) is 18.6. The van der Waals surface area contributed by atoms with Crippen LogP contribution in [0.15, 0.2) is 24.3 Å². The average molecular weight is 268 g/mol. The van der Waals surface area contributed by atoms with Gasteiger partial charge in [-0.2, -0.15) is 0 Å². The Morgan fingerprint density at radius 2 is 1.78 bits per heavy atom. The summed E-state index contributed by atoms with van der Waals surface area (Å²) in [6, 6.07) is 6.11. The van der Waals surface area contributed by atoms with E-state index in [1.165, 1.54) is 0 Å². The zero-order chi connectivity index (χ0) is 13.1. The van der Waals surface area contributed by atoms with E-state index in [4.69, 9.17) is 11.6 Å². The number of carbonyl (C=O) groups is 2. The van der Waals surface area contributed by atoms with Gasteiger partial charge in [0.2, 0.25) is 0 Å². The number of carboxylic acids is 1. The third-order valence-electron chi connectivity index (χ3n) is 3.14. The van der Waals surface area contributed by atoms with Crippen molar-refractivity contribution in [2.24, 2.45) is 0 Å². The number of halogens is 1. The van der Waals surface area contributed by atoms with E-state index in [1.54, 1.807) is 24.3 Å². The van der Waals surface area contributed by atoms with Gasteiger partial charge in [-0.05, 0) is 17.7 Å². The second-order valence-corrected chi connectivity index (χ2v) is 4.80. The maximum Gasteiger partial charge on any atom is 0.325 e. The van der Waals surface area contributed by atoms with Crippen molar-refractivity contribution in [2.75, 3.05) is 13.1 Å². The average Bonchev–Trinajstić information content (AvgIpc) is 2.34. The van der Waals surface area contributed by atoms with Gasteiger partial charge in [0.15, 0.2) is 0 Å². The first-order valence-corrected chi connectivity index (χ1v) is 6.20. The number of piperidine rings is 1. The molecular formula is C13H14ClNO3. The van der Waals surface area contributed by atoms with Crippen molar-refractivity contribution >= 4 is 23.4 Å². The second kappa shape index (κ2) is 5.50. The third kappa shape index (κ3) is 2.89. The molecule has 96 valence electrons. The number of ketones is 1. The van der Waals surface area contributed by atoms with E-state index in [9.17, 15) is 14.7 Å². The third-order valence-corrected chi connectivity index (χ3v) is 3.39. The SMILES string of the molecule is O=C1CCN(C(C(=O)O)c2ccc(Cl)cc2)CC1. The summed E-state index contributed by atoms with van der Waals surface area (Å²) < 4.78 is 0. The highest BCUT2D eigenvalue weighted by Crippen LogP contribution is 2.25. The van der Waals surface area contributed by atoms with Crippen LogP contribution < -0.4 is 0 Å². The molecule has 5 heteroatoms. The number of likely N-dealkylation sites (tertiary alicyclic amines) is 1. The lowest BCUT2D eigenvalue weighted by Crippen LogP contribution is -2.40. The topological polar surface area (TPSA) is 57.6 Å². The molecule has 1 aliphatic rings. The summed E-state index contributed by atoms with van der Waals surface area (Å²) in [4.78, 5) is 24.4. The zero-order valence-electron chi connectivity index (χ0n) is 9.80. The molecule has 2 rings (SSSR count). The van der Waals surface area contributed by atoms with Gasteiger partial charge >= 0.3 is 5.97 Å². The van der Waals surface area contributed by atoms with E-state index < -0.39 is 12.0 Å². The molecule has 1 fully saturated rings. The monoisotopic (exact) mass is 267 g/mol. The first kappa shape index (κ1) is 13.1. The van der Waals surface area contributed by atoms with Crippen LogP contribution in [-0.2, 0) is 9.59 Å². The molecule has 18 heavy (non-hydrogen) atoms. The van der Waals surface area contributed by atoms with Crippen molar-refractivity contribution in [2.45, 2.75) is 18.9 Å². The molecular weight excluding hydrogens is 254 g/mol. The summed E-state index contributed by atoms with van der Waals surface area (Å²) >= 11 is 5.80. The van der Waals surface area contributed by atoms with E-state index >= 15 is 0 Å². The Morgan fingerprint density at radius 1 is 1.22 bits per heavy atom. The summed E-state index contributed by atoms with van der Waals surface area (Å²) in [5.74, 6) is -0.696. The first-order valence-electron chi connectivity index (χ1n) is 5.82. The molecule has 1 unspecified atom stereocenters. The van der Waals surface area contributed by atoms with Crippen LogP contribution in [0.25, 0.3) is 0 Å². The zero-order valence-corrected chi connectivity index (χ0v) is 10.6. The fraction of sp³-hybridized carbons (Fsp3) is 0.385. The molecule has 0 aliphatic carbocycles. The summed E-state index contributed by atoms with van der Waals surface area (Å²) in [5.41, 5.74) is 0.696. The Labute approximate surface area is 110 Å². The number of carbonyl (C=O) groups excluding carboxylic acids is 1. The standard InChI is InChI=1S/C13H14ClNO3/c14-10-3-1-9(2-4-10)12(13(17)18)15-7-5-11(16)6-8-15/h1-4,12H,5-8H2,(H,17,18). The number of hydrogen-bond acceptors (Lipinski definition) is 3. The highest BCUT2D eigenvalue weighted by Gasteiger charge is 2.30. The van der Waals surface area contributed by atoms with Crippen LogP contribution in [0, 0.1) is 0 Å². The number of Topliss-reactive ketones (excluding diaryl/α,β-unsaturated/α-hetero) is 1. The van der Waals surface area contributed by atoms with Crippen LogP contribution in [0.2, 0.25) is 5.02 Å². The van der Waals surface area contributed by atoms with Crippen molar-refractivity contribution in [3.63, 3.8) is 0 Å². The molecule has 1 atom stereocenters. The quantitative estimate of drug-likeness (QED) is 0.911. The molecule has 1 aromatic carbocycles. The highest BCUT2D eigenvalue weighted by atomic mass is 35.5. The molecule has 0 radical (unpaired) electrons. The lowest BCUT2D eigenvalue weighted by atomic mass is 10.0. The summed E-state index contributed by atoms with van der Waals surface area (Å²) in [7, 11) is 0. The van der Waals surface area contributed by atoms with Gasteiger partial charge in [-0.15, -0.1) is 0 Å². The van der Waals surface area contributed by atoms with E-state index in [1.807, 2.05) is 4.90 Å². The van der Waals surface area contributed by atoms with Gasteiger partial charge < -0.3 is 5.11 Å². The fourth-order valence-electron chi connectivity index (χ4n) is 2.19. The Kier molecular flexibility index (Phi) is 3.99. The summed E-state index contributed by atoms with van der Waals surface area (Å²) in [5, 5.41) is 9.93. The molecule has 1 aliphatic heterocycles.